The smallest absolute Gasteiger partial charge is 0.263 e. The lowest BCUT2D eigenvalue weighted by molar-refractivity contribution is -0.116. The quantitative estimate of drug-likeness (QED) is 0.0448. The fourth-order valence-corrected chi connectivity index (χ4v) is 10.1. The number of benzene rings is 4. The van der Waals surface area contributed by atoms with E-state index in [1.165, 1.54) is 47.1 Å². The number of aryl methyl sites for hydroxylation is 2. The van der Waals surface area contributed by atoms with Gasteiger partial charge in [-0.1, -0.05) is 36.9 Å². The summed E-state index contributed by atoms with van der Waals surface area (Å²) < 4.78 is 12.2. The Morgan fingerprint density at radius 2 is 1.66 bits per heavy atom. The zero-order valence-electron chi connectivity index (χ0n) is 36.7. The molecule has 2 aromatic heterocycles. The summed E-state index contributed by atoms with van der Waals surface area (Å²) in [7, 11) is 0. The number of carbonyl (C=O) groups excluding carboxylic acids is 3. The van der Waals surface area contributed by atoms with Gasteiger partial charge in [-0.25, -0.2) is 4.98 Å². The monoisotopic (exact) mass is 889 g/mol. The van der Waals surface area contributed by atoms with E-state index in [2.05, 4.69) is 62.3 Å². The number of anilines is 3. The summed E-state index contributed by atoms with van der Waals surface area (Å²) in [5.41, 5.74) is 7.72. The molecule has 2 aliphatic heterocycles. The van der Waals surface area contributed by atoms with Crippen LogP contribution in [0.1, 0.15) is 74.5 Å². The largest absolute Gasteiger partial charge is 0.494 e. The van der Waals surface area contributed by atoms with Gasteiger partial charge in [0.05, 0.1) is 18.0 Å². The topological polar surface area (TPSA) is 146 Å². The molecule has 2 bridgehead atoms. The van der Waals surface area contributed by atoms with E-state index in [0.717, 1.165) is 78.1 Å². The number of nitrogens with one attached hydrogen (secondary N) is 5. The maximum atomic E-state index is 14.0. The van der Waals surface area contributed by atoms with E-state index in [4.69, 9.17) is 14.5 Å². The molecule has 1 aliphatic carbocycles. The van der Waals surface area contributed by atoms with E-state index in [1.807, 2.05) is 49.4 Å². The molecule has 65 heavy (non-hydrogen) atoms. The third-order valence-electron chi connectivity index (χ3n) is 12.4. The zero-order valence-corrected chi connectivity index (χ0v) is 37.5. The molecule has 334 valence electrons. The number of piperazine rings is 1. The molecule has 2 fully saturated rings. The van der Waals surface area contributed by atoms with Gasteiger partial charge in [0.25, 0.3) is 11.8 Å². The molecule has 0 spiro atoms. The molecule has 0 saturated carbocycles. The summed E-state index contributed by atoms with van der Waals surface area (Å²) >= 11 is 1.45. The van der Waals surface area contributed by atoms with Crippen molar-refractivity contribution < 1.29 is 23.9 Å². The van der Waals surface area contributed by atoms with Crippen LogP contribution in [-0.2, 0) is 24.2 Å². The molecule has 13 heteroatoms. The minimum Gasteiger partial charge on any atom is -0.494 e. The number of nitrogens with zero attached hydrogens (tertiary/aromatic N) is 2. The number of hydrogen-bond donors (Lipinski definition) is 5. The highest BCUT2D eigenvalue weighted by molar-refractivity contribution is 7.21. The Morgan fingerprint density at radius 3 is 2.46 bits per heavy atom. The number of unbranched alkanes of at least 4 members (excludes halogenated alkanes) is 1. The first-order chi connectivity index (χ1) is 31.7. The van der Waals surface area contributed by atoms with E-state index in [0.29, 0.717) is 59.4 Å². The second-order valence-corrected chi connectivity index (χ2v) is 18.1. The van der Waals surface area contributed by atoms with Crippen molar-refractivity contribution in [2.75, 3.05) is 41.8 Å². The molecule has 4 aromatic carbocycles. The van der Waals surface area contributed by atoms with Gasteiger partial charge < -0.3 is 41.0 Å². The highest BCUT2D eigenvalue weighted by Gasteiger charge is 2.33. The first-order valence-corrected chi connectivity index (χ1v) is 23.4. The molecular formula is C52H55N7O5S. The van der Waals surface area contributed by atoms with Gasteiger partial charge >= 0.3 is 0 Å². The SMILES string of the molecule is C=CC(=O)NCc1ccc(C(=O)Nc2ccccc2Oc2ccc(OCCCCNc3c(C(=O)N[C@H]4CCc5cc(N6C[C@H]7CC[C@@H](C6)N7)ccc5C4)sc4nc(C)ccc34)cc2)cc1. The highest BCUT2D eigenvalue weighted by atomic mass is 32.1. The maximum absolute atomic E-state index is 14.0. The van der Waals surface area contributed by atoms with E-state index in [1.54, 1.807) is 36.4 Å². The van der Waals surface area contributed by atoms with Crippen LogP contribution in [0, 0.1) is 6.92 Å². The van der Waals surface area contributed by atoms with Gasteiger partial charge in [-0.05, 0) is 147 Å². The summed E-state index contributed by atoms with van der Waals surface area (Å²) in [6.45, 7) is 9.15. The number of aromatic nitrogens is 1. The van der Waals surface area contributed by atoms with Crippen LogP contribution in [-0.4, -0.2) is 67.1 Å². The lowest BCUT2D eigenvalue weighted by Gasteiger charge is -2.35. The van der Waals surface area contributed by atoms with Crippen molar-refractivity contribution in [3.63, 3.8) is 0 Å². The summed E-state index contributed by atoms with van der Waals surface area (Å²) in [6, 6.07) is 34.0. The van der Waals surface area contributed by atoms with Gasteiger partial charge in [0, 0.05) is 66.6 Å². The highest BCUT2D eigenvalue weighted by Crippen LogP contribution is 2.36. The van der Waals surface area contributed by atoms with Gasteiger partial charge in [0.2, 0.25) is 5.91 Å². The molecule has 3 aliphatic rings. The van der Waals surface area contributed by atoms with Crippen molar-refractivity contribution in [2.45, 2.75) is 76.5 Å². The molecule has 3 amide bonds. The third kappa shape index (κ3) is 10.6. The second kappa shape index (κ2) is 20.0. The standard InChI is InChI=1S/C52H55N7O5S/c1-3-47(60)54-30-34-11-13-35(14-12-34)50(61)58-45-8-4-5-9-46(45)64-43-23-21-42(22-24-43)63-27-7-6-26-53-48-44-25-10-33(2)55-52(44)65-49(48)51(62)57-38-17-15-37-29-41(20-16-36(37)28-38)59-31-39-18-19-40(32-59)56-39/h3-5,8-14,16,20-25,29,38-40,53,56H,1,6-7,15,17-19,26-28,30-32H2,2H3,(H,54,60)(H,57,62)(H,58,61)/t38-,39-,40+/m0/s1. The summed E-state index contributed by atoms with van der Waals surface area (Å²) in [6.07, 6.45) is 8.14. The third-order valence-corrected chi connectivity index (χ3v) is 13.5. The van der Waals surface area contributed by atoms with Crippen molar-refractivity contribution in [3.8, 4) is 17.2 Å². The van der Waals surface area contributed by atoms with E-state index < -0.39 is 0 Å². The molecule has 3 atom stereocenters. The average Bonchev–Trinajstić information content (AvgIpc) is 3.87. The number of thiophene rings is 1. The number of amides is 3. The molecule has 6 aromatic rings. The van der Waals surface area contributed by atoms with Crippen LogP contribution in [0.3, 0.4) is 0 Å². The predicted octanol–water partition coefficient (Wildman–Crippen LogP) is 8.95. The van der Waals surface area contributed by atoms with E-state index in [-0.39, 0.29) is 23.8 Å². The van der Waals surface area contributed by atoms with E-state index in [9.17, 15) is 14.4 Å². The molecule has 2 saturated heterocycles. The fourth-order valence-electron chi connectivity index (χ4n) is 8.98. The van der Waals surface area contributed by atoms with Gasteiger partial charge in [0.1, 0.15) is 21.2 Å². The predicted molar refractivity (Wildman–Crippen MR) is 259 cm³/mol. The number of ether oxygens (including phenoxy) is 2. The number of para-hydroxylation sites is 2. The second-order valence-electron chi connectivity index (χ2n) is 17.1. The molecule has 4 heterocycles. The molecule has 12 nitrogen and oxygen atoms in total. The Morgan fingerprint density at radius 1 is 0.877 bits per heavy atom. The Labute approximate surface area is 383 Å². The zero-order chi connectivity index (χ0) is 44.7. The number of fused-ring (bicyclic) bond motifs is 4. The summed E-state index contributed by atoms with van der Waals surface area (Å²) in [5, 5.41) is 17.4. The molecule has 0 radical (unpaired) electrons. The average molecular weight is 890 g/mol. The maximum Gasteiger partial charge on any atom is 0.263 e. The van der Waals surface area contributed by atoms with Crippen LogP contribution >= 0.6 is 11.3 Å². The van der Waals surface area contributed by atoms with Crippen LogP contribution in [0.2, 0.25) is 0 Å². The van der Waals surface area contributed by atoms with Crippen LogP contribution in [0.5, 0.6) is 17.2 Å². The Balaban J connectivity index is 0.740. The molecule has 0 unspecified atom stereocenters. The van der Waals surface area contributed by atoms with Gasteiger partial charge in [-0.3, -0.25) is 14.4 Å². The first kappa shape index (κ1) is 43.5. The molecular weight excluding hydrogens is 835 g/mol. The lowest BCUT2D eigenvalue weighted by Crippen LogP contribution is -2.51. The van der Waals surface area contributed by atoms with E-state index >= 15 is 0 Å². The Kier molecular flexibility index (Phi) is 13.4. The van der Waals surface area contributed by atoms with Crippen LogP contribution in [0.15, 0.2) is 116 Å². The number of pyridine rings is 1. The summed E-state index contributed by atoms with van der Waals surface area (Å²) in [4.78, 5) is 47.4. The van der Waals surface area contributed by atoms with Gasteiger partial charge in [-0.2, -0.15) is 0 Å². The van der Waals surface area contributed by atoms with Crippen LogP contribution in [0.4, 0.5) is 17.1 Å². The summed E-state index contributed by atoms with van der Waals surface area (Å²) in [5.74, 6) is 1.24. The first-order valence-electron chi connectivity index (χ1n) is 22.6. The van der Waals surface area contributed by atoms with Crippen molar-refractivity contribution >= 4 is 56.3 Å². The number of rotatable bonds is 17. The minimum atomic E-state index is -0.282. The van der Waals surface area contributed by atoms with Crippen LogP contribution in [0.25, 0.3) is 10.2 Å². The number of carbonyl (C=O) groups is 3. The minimum absolute atomic E-state index is 0.0470. The number of hydrogen-bond acceptors (Lipinski definition) is 10. The van der Waals surface area contributed by atoms with Crippen LogP contribution < -0.4 is 41.0 Å². The normalized spacial score (nSPS) is 17.5. The van der Waals surface area contributed by atoms with Crippen molar-refractivity contribution in [3.05, 3.63) is 149 Å². The van der Waals surface area contributed by atoms with Gasteiger partial charge in [0.15, 0.2) is 5.75 Å². The lowest BCUT2D eigenvalue weighted by atomic mass is 9.87. The van der Waals surface area contributed by atoms with Crippen molar-refractivity contribution in [1.82, 2.24) is 20.9 Å². The molecule has 9 rings (SSSR count). The molecule has 5 N–H and O–H groups in total. The fraction of sp³-hybridized carbons (Fsp3) is 0.308. The van der Waals surface area contributed by atoms with Gasteiger partial charge in [-0.15, -0.1) is 11.3 Å². The Bertz CT molecular complexity index is 2670. The van der Waals surface area contributed by atoms with Crippen molar-refractivity contribution in [2.24, 2.45) is 0 Å². The Hall–Kier alpha value is -6.70. The van der Waals surface area contributed by atoms with Crippen molar-refractivity contribution in [1.29, 1.82) is 0 Å².